The molecule has 1 aliphatic rings. The van der Waals surface area contributed by atoms with E-state index >= 15 is 0 Å². The number of piperidine rings is 1. The summed E-state index contributed by atoms with van der Waals surface area (Å²) in [7, 11) is 1.44. The van der Waals surface area contributed by atoms with Gasteiger partial charge in [0.2, 0.25) is 10.8 Å². The van der Waals surface area contributed by atoms with Crippen LogP contribution in [0.15, 0.2) is 24.3 Å². The van der Waals surface area contributed by atoms with Crippen LogP contribution in [0.1, 0.15) is 49.0 Å². The molecule has 1 aromatic carbocycles. The fraction of sp³-hybridized carbons (Fsp3) is 0.500. The number of aromatic nitrogens is 3. The second kappa shape index (κ2) is 9.23. The van der Waals surface area contributed by atoms with E-state index in [4.69, 9.17) is 9.47 Å². The minimum absolute atomic E-state index is 0.0785. The third-order valence-corrected chi connectivity index (χ3v) is 6.82. The van der Waals surface area contributed by atoms with Gasteiger partial charge in [-0.05, 0) is 50.6 Å². The van der Waals surface area contributed by atoms with Gasteiger partial charge in [0.05, 0.1) is 30.6 Å². The van der Waals surface area contributed by atoms with E-state index in [-0.39, 0.29) is 23.8 Å². The Balaban J connectivity index is 1.69. The van der Waals surface area contributed by atoms with E-state index in [2.05, 4.69) is 15.0 Å². The van der Waals surface area contributed by atoms with Gasteiger partial charge in [-0.25, -0.2) is 4.98 Å². The molecule has 0 amide bonds. The Morgan fingerprint density at radius 3 is 2.55 bits per heavy atom. The normalized spacial score (nSPS) is 16.5. The van der Waals surface area contributed by atoms with Crippen LogP contribution in [0.2, 0.25) is 0 Å². The number of carbonyl (C=O) groups excluding carboxylic acids is 1. The summed E-state index contributed by atoms with van der Waals surface area (Å²) in [6, 6.07) is 7.82. The highest BCUT2D eigenvalue weighted by molar-refractivity contribution is 7.17. The van der Waals surface area contributed by atoms with Crippen LogP contribution in [0.25, 0.3) is 4.96 Å². The molecule has 3 aromatic rings. The number of likely N-dealkylation sites (tertiary alicyclic amines) is 1. The number of methoxy groups -OCH3 is 1. The third-order valence-electron chi connectivity index (χ3n) is 5.74. The number of aromatic hydroxyl groups is 1. The number of aryl methyl sites for hydroxylation is 1. The Bertz CT molecular complexity index is 1040. The lowest BCUT2D eigenvalue weighted by Gasteiger charge is -2.36. The maximum Gasteiger partial charge on any atom is 0.308 e. The van der Waals surface area contributed by atoms with Gasteiger partial charge >= 0.3 is 5.97 Å². The van der Waals surface area contributed by atoms with Gasteiger partial charge < -0.3 is 14.6 Å². The summed E-state index contributed by atoms with van der Waals surface area (Å²) in [5.74, 6) is 1.43. The van der Waals surface area contributed by atoms with Gasteiger partial charge in [-0.2, -0.15) is 4.52 Å². The second-order valence-electron chi connectivity index (χ2n) is 7.60. The molecule has 1 unspecified atom stereocenters. The number of carbonyl (C=O) groups is 1. The Hall–Kier alpha value is -2.65. The van der Waals surface area contributed by atoms with Crippen molar-refractivity contribution >= 4 is 22.3 Å². The molecular weight excluding hydrogens is 416 g/mol. The molecule has 1 aliphatic heterocycles. The number of fused-ring (bicyclic) bond motifs is 1. The van der Waals surface area contributed by atoms with Crippen molar-refractivity contribution in [3.05, 3.63) is 40.5 Å². The number of thiazole rings is 1. The zero-order valence-corrected chi connectivity index (χ0v) is 18.9. The molecule has 4 rings (SSSR count). The molecule has 1 saturated heterocycles. The smallest absolute Gasteiger partial charge is 0.308 e. The largest absolute Gasteiger partial charge is 0.494 e. The van der Waals surface area contributed by atoms with Crippen LogP contribution in [0.5, 0.6) is 11.6 Å². The third kappa shape index (κ3) is 4.24. The molecule has 0 aliphatic carbocycles. The Kier molecular flexibility index (Phi) is 6.43. The molecule has 3 heterocycles. The fourth-order valence-electron chi connectivity index (χ4n) is 4.12. The zero-order valence-electron chi connectivity index (χ0n) is 18.1. The standard InChI is InChI=1S/C22H28N4O4S/c1-4-17-23-22-26(24-17)20(27)19(31-22)18(14-6-8-16(9-7-14)30-5-2)25-12-10-15(11-13-25)21(28)29-3/h6-9,15,18,27H,4-5,10-13H2,1-3H3. The number of rotatable bonds is 7. The van der Waals surface area contributed by atoms with Crippen molar-refractivity contribution in [1.29, 1.82) is 0 Å². The highest BCUT2D eigenvalue weighted by atomic mass is 32.1. The van der Waals surface area contributed by atoms with Crippen LogP contribution in [-0.4, -0.2) is 57.4 Å². The number of esters is 1. The van der Waals surface area contributed by atoms with Gasteiger partial charge in [-0.15, -0.1) is 5.10 Å². The first kappa shape index (κ1) is 21.6. The molecule has 0 bridgehead atoms. The van der Waals surface area contributed by atoms with Crippen molar-refractivity contribution in [3.63, 3.8) is 0 Å². The Morgan fingerprint density at radius 2 is 1.97 bits per heavy atom. The summed E-state index contributed by atoms with van der Waals surface area (Å²) in [6.07, 6.45) is 2.16. The molecular formula is C22H28N4O4S. The van der Waals surface area contributed by atoms with E-state index in [1.165, 1.54) is 23.0 Å². The average Bonchev–Trinajstić information content (AvgIpc) is 3.34. The molecule has 0 saturated carbocycles. The topological polar surface area (TPSA) is 89.2 Å². The Labute approximate surface area is 185 Å². The lowest BCUT2D eigenvalue weighted by atomic mass is 9.93. The van der Waals surface area contributed by atoms with E-state index < -0.39 is 0 Å². The van der Waals surface area contributed by atoms with Crippen molar-refractivity contribution in [3.8, 4) is 11.6 Å². The van der Waals surface area contributed by atoms with Crippen LogP contribution in [0.4, 0.5) is 0 Å². The summed E-state index contributed by atoms with van der Waals surface area (Å²) in [5, 5.41) is 15.4. The molecule has 0 spiro atoms. The van der Waals surface area contributed by atoms with Crippen LogP contribution >= 0.6 is 11.3 Å². The monoisotopic (exact) mass is 444 g/mol. The predicted molar refractivity (Wildman–Crippen MR) is 118 cm³/mol. The van der Waals surface area contributed by atoms with Crippen molar-refractivity contribution in [2.75, 3.05) is 26.8 Å². The SMILES string of the molecule is CCOc1ccc(C(c2sc3nc(CC)nn3c2O)N2CCC(C(=O)OC)CC2)cc1. The van der Waals surface area contributed by atoms with Gasteiger partial charge in [0.15, 0.2) is 5.82 Å². The first-order chi connectivity index (χ1) is 15.0. The highest BCUT2D eigenvalue weighted by Gasteiger charge is 2.34. The summed E-state index contributed by atoms with van der Waals surface area (Å²) in [6.45, 7) is 6.01. The molecule has 166 valence electrons. The van der Waals surface area contributed by atoms with E-state index in [0.717, 1.165) is 42.1 Å². The van der Waals surface area contributed by atoms with Gasteiger partial charge in [-0.3, -0.25) is 9.69 Å². The number of hydrogen-bond acceptors (Lipinski definition) is 8. The molecule has 1 N–H and O–H groups in total. The minimum Gasteiger partial charge on any atom is -0.494 e. The maximum atomic E-state index is 12.0. The van der Waals surface area contributed by atoms with E-state index in [1.807, 2.05) is 38.1 Å². The first-order valence-electron chi connectivity index (χ1n) is 10.7. The second-order valence-corrected chi connectivity index (χ2v) is 8.61. The molecule has 1 atom stereocenters. The molecule has 0 radical (unpaired) electrons. The van der Waals surface area contributed by atoms with E-state index in [9.17, 15) is 9.90 Å². The maximum absolute atomic E-state index is 12.0. The van der Waals surface area contributed by atoms with Crippen molar-refractivity contribution < 1.29 is 19.4 Å². The minimum atomic E-state index is -0.159. The Morgan fingerprint density at radius 1 is 1.26 bits per heavy atom. The summed E-state index contributed by atoms with van der Waals surface area (Å²) in [4.78, 5) is 20.3. The number of hydrogen-bond donors (Lipinski definition) is 1. The van der Waals surface area contributed by atoms with Crippen LogP contribution in [0, 0.1) is 5.92 Å². The fourth-order valence-corrected chi connectivity index (χ4v) is 5.26. The summed E-state index contributed by atoms with van der Waals surface area (Å²) in [5.41, 5.74) is 1.05. The van der Waals surface area contributed by atoms with E-state index in [0.29, 0.717) is 23.8 Å². The van der Waals surface area contributed by atoms with Crippen molar-refractivity contribution in [2.24, 2.45) is 5.92 Å². The average molecular weight is 445 g/mol. The van der Waals surface area contributed by atoms with Crippen LogP contribution in [0.3, 0.4) is 0 Å². The van der Waals surface area contributed by atoms with Gasteiger partial charge in [-0.1, -0.05) is 30.4 Å². The molecule has 9 heteroatoms. The van der Waals surface area contributed by atoms with Crippen LogP contribution in [-0.2, 0) is 16.0 Å². The van der Waals surface area contributed by atoms with Crippen molar-refractivity contribution in [1.82, 2.24) is 19.5 Å². The summed E-state index contributed by atoms with van der Waals surface area (Å²) >= 11 is 1.46. The molecule has 8 nitrogen and oxygen atoms in total. The van der Waals surface area contributed by atoms with E-state index in [1.54, 1.807) is 0 Å². The lowest BCUT2D eigenvalue weighted by Crippen LogP contribution is -2.39. The van der Waals surface area contributed by atoms with Crippen molar-refractivity contribution in [2.45, 2.75) is 39.2 Å². The number of ether oxygens (including phenoxy) is 2. The number of nitrogens with zero attached hydrogens (tertiary/aromatic N) is 4. The summed E-state index contributed by atoms with van der Waals surface area (Å²) < 4.78 is 12.1. The van der Waals surface area contributed by atoms with Gasteiger partial charge in [0, 0.05) is 6.42 Å². The quantitative estimate of drug-likeness (QED) is 0.559. The first-order valence-corrected chi connectivity index (χ1v) is 11.5. The molecule has 1 fully saturated rings. The molecule has 31 heavy (non-hydrogen) atoms. The van der Waals surface area contributed by atoms with Gasteiger partial charge in [0.25, 0.3) is 0 Å². The number of benzene rings is 1. The zero-order chi connectivity index (χ0) is 22.0. The van der Waals surface area contributed by atoms with Gasteiger partial charge in [0.1, 0.15) is 5.75 Å². The molecule has 2 aromatic heterocycles. The highest BCUT2D eigenvalue weighted by Crippen LogP contribution is 2.41. The predicted octanol–water partition coefficient (Wildman–Crippen LogP) is 3.43. The van der Waals surface area contributed by atoms with Crippen LogP contribution < -0.4 is 4.74 Å². The lowest BCUT2D eigenvalue weighted by molar-refractivity contribution is -0.147.